The molecule has 2 heteroatoms. The molecule has 1 aromatic rings. The zero-order chi connectivity index (χ0) is 13.1. The van der Waals surface area contributed by atoms with Crippen LogP contribution >= 0.6 is 0 Å². The van der Waals surface area contributed by atoms with Gasteiger partial charge in [0, 0.05) is 24.8 Å². The number of likely N-dealkylation sites (tertiary alicyclic amines) is 1. The molecular formula is C17H26N2. The second-order valence-electron chi connectivity index (χ2n) is 6.17. The Balaban J connectivity index is 1.60. The van der Waals surface area contributed by atoms with Crippen molar-refractivity contribution in [3.63, 3.8) is 0 Å². The molecule has 0 saturated carbocycles. The topological polar surface area (TPSA) is 15.3 Å². The van der Waals surface area contributed by atoms with Gasteiger partial charge >= 0.3 is 0 Å². The third-order valence-corrected chi connectivity index (χ3v) is 4.82. The van der Waals surface area contributed by atoms with Gasteiger partial charge in [-0.1, -0.05) is 31.5 Å². The van der Waals surface area contributed by atoms with E-state index < -0.39 is 0 Å². The normalized spacial score (nSPS) is 27.6. The fourth-order valence-electron chi connectivity index (χ4n) is 3.71. The number of benzene rings is 1. The molecule has 104 valence electrons. The first-order valence-corrected chi connectivity index (χ1v) is 7.92. The molecule has 0 aliphatic carbocycles. The highest BCUT2D eigenvalue weighted by atomic mass is 15.2. The molecule has 0 radical (unpaired) electrons. The molecule has 2 heterocycles. The molecule has 19 heavy (non-hydrogen) atoms. The maximum Gasteiger partial charge on any atom is 0.0373 e. The van der Waals surface area contributed by atoms with Gasteiger partial charge in [0.25, 0.3) is 0 Å². The summed E-state index contributed by atoms with van der Waals surface area (Å²) >= 11 is 0. The molecule has 3 rings (SSSR count). The lowest BCUT2D eigenvalue weighted by Gasteiger charge is -2.26. The first-order chi connectivity index (χ1) is 9.36. The zero-order valence-corrected chi connectivity index (χ0v) is 12.1. The lowest BCUT2D eigenvalue weighted by atomic mass is 10.0. The van der Waals surface area contributed by atoms with Gasteiger partial charge < -0.3 is 5.32 Å². The van der Waals surface area contributed by atoms with Crippen LogP contribution in [0.4, 0.5) is 5.69 Å². The number of para-hydroxylation sites is 1. The quantitative estimate of drug-likeness (QED) is 0.892. The lowest BCUT2D eigenvalue weighted by Crippen LogP contribution is -2.38. The minimum absolute atomic E-state index is 0.731. The predicted molar refractivity (Wildman–Crippen MR) is 81.6 cm³/mol. The minimum Gasteiger partial charge on any atom is -0.383 e. The highest BCUT2D eigenvalue weighted by Gasteiger charge is 2.28. The van der Waals surface area contributed by atoms with Gasteiger partial charge in [-0.3, -0.25) is 4.90 Å². The number of aryl methyl sites for hydroxylation is 1. The van der Waals surface area contributed by atoms with E-state index in [1.165, 1.54) is 56.4 Å². The Morgan fingerprint density at radius 3 is 3.05 bits per heavy atom. The number of rotatable bonds is 3. The molecule has 0 bridgehead atoms. The van der Waals surface area contributed by atoms with E-state index in [0.717, 1.165) is 18.5 Å². The van der Waals surface area contributed by atoms with Gasteiger partial charge in [0.15, 0.2) is 0 Å². The minimum atomic E-state index is 0.731. The number of fused-ring (bicyclic) bond motifs is 1. The summed E-state index contributed by atoms with van der Waals surface area (Å²) in [7, 11) is 0. The molecule has 2 aliphatic heterocycles. The number of hydrogen-bond acceptors (Lipinski definition) is 2. The molecule has 0 spiro atoms. The Bertz CT molecular complexity index is 388. The largest absolute Gasteiger partial charge is 0.383 e. The first-order valence-electron chi connectivity index (χ1n) is 7.92. The maximum atomic E-state index is 3.66. The van der Waals surface area contributed by atoms with E-state index in [-0.39, 0.29) is 0 Å². The fraction of sp³-hybridized carbons (Fsp3) is 0.647. The number of nitrogens with zero attached hydrogens (tertiary/aromatic N) is 1. The first kappa shape index (κ1) is 13.0. The van der Waals surface area contributed by atoms with E-state index in [1.807, 2.05) is 0 Å². The van der Waals surface area contributed by atoms with Crippen LogP contribution in [-0.2, 0) is 6.42 Å². The van der Waals surface area contributed by atoms with Gasteiger partial charge in [-0.2, -0.15) is 0 Å². The molecule has 2 atom stereocenters. The van der Waals surface area contributed by atoms with Crippen molar-refractivity contribution in [3.05, 3.63) is 29.8 Å². The molecule has 2 nitrogen and oxygen atoms in total. The molecule has 1 aromatic carbocycles. The van der Waals surface area contributed by atoms with Crippen LogP contribution in [0.2, 0.25) is 0 Å². The third kappa shape index (κ3) is 2.94. The van der Waals surface area contributed by atoms with Crippen LogP contribution in [0.1, 0.15) is 38.2 Å². The summed E-state index contributed by atoms with van der Waals surface area (Å²) in [4.78, 5) is 2.74. The van der Waals surface area contributed by atoms with E-state index in [4.69, 9.17) is 0 Å². The molecule has 1 saturated heterocycles. The summed E-state index contributed by atoms with van der Waals surface area (Å²) in [5.74, 6) is 0.954. The molecule has 1 fully saturated rings. The molecule has 0 amide bonds. The van der Waals surface area contributed by atoms with Gasteiger partial charge in [0.05, 0.1) is 0 Å². The fourth-order valence-corrected chi connectivity index (χ4v) is 3.71. The van der Waals surface area contributed by atoms with Crippen molar-refractivity contribution in [3.8, 4) is 0 Å². The molecule has 1 N–H and O–H groups in total. The number of nitrogens with one attached hydrogen (secondary N) is 1. The second-order valence-corrected chi connectivity index (χ2v) is 6.17. The van der Waals surface area contributed by atoms with Crippen LogP contribution in [0.5, 0.6) is 0 Å². The Labute approximate surface area is 117 Å². The van der Waals surface area contributed by atoms with E-state index >= 15 is 0 Å². The number of anilines is 1. The van der Waals surface area contributed by atoms with Crippen molar-refractivity contribution in [1.29, 1.82) is 0 Å². The highest BCUT2D eigenvalue weighted by Crippen LogP contribution is 2.27. The standard InChI is InChI=1S/C17H26N2/c1-2-5-14-10-11-19(13-14)16-9-8-15-6-3-4-7-17(15)18-12-16/h3-4,6-7,14,16,18H,2,5,8-13H2,1H3. The van der Waals surface area contributed by atoms with Crippen LogP contribution in [-0.4, -0.2) is 30.6 Å². The Hall–Kier alpha value is -1.02. The Kier molecular flexibility index (Phi) is 4.07. The van der Waals surface area contributed by atoms with Crippen molar-refractivity contribution < 1.29 is 0 Å². The van der Waals surface area contributed by atoms with E-state index in [9.17, 15) is 0 Å². The van der Waals surface area contributed by atoms with Crippen molar-refractivity contribution in [2.75, 3.05) is 25.0 Å². The van der Waals surface area contributed by atoms with Crippen LogP contribution in [0, 0.1) is 5.92 Å². The molecule has 2 aliphatic rings. The van der Waals surface area contributed by atoms with Gasteiger partial charge in [0.1, 0.15) is 0 Å². The van der Waals surface area contributed by atoms with Crippen LogP contribution < -0.4 is 5.32 Å². The van der Waals surface area contributed by atoms with Crippen molar-refractivity contribution >= 4 is 5.69 Å². The van der Waals surface area contributed by atoms with Gasteiger partial charge in [-0.15, -0.1) is 0 Å². The Morgan fingerprint density at radius 2 is 2.16 bits per heavy atom. The SMILES string of the molecule is CCCC1CCN(C2CCc3ccccc3NC2)C1. The summed E-state index contributed by atoms with van der Waals surface area (Å²) in [6, 6.07) is 9.53. The van der Waals surface area contributed by atoms with E-state index in [1.54, 1.807) is 0 Å². The van der Waals surface area contributed by atoms with Gasteiger partial charge in [-0.25, -0.2) is 0 Å². The van der Waals surface area contributed by atoms with E-state index in [0.29, 0.717) is 0 Å². The highest BCUT2D eigenvalue weighted by molar-refractivity contribution is 5.52. The average Bonchev–Trinajstić information content (AvgIpc) is 2.79. The zero-order valence-electron chi connectivity index (χ0n) is 12.1. The van der Waals surface area contributed by atoms with Crippen molar-refractivity contribution in [2.24, 2.45) is 5.92 Å². The lowest BCUT2D eigenvalue weighted by molar-refractivity contribution is 0.232. The smallest absolute Gasteiger partial charge is 0.0373 e. The van der Waals surface area contributed by atoms with Crippen LogP contribution in [0.3, 0.4) is 0 Å². The average molecular weight is 258 g/mol. The monoisotopic (exact) mass is 258 g/mol. The predicted octanol–water partition coefficient (Wildman–Crippen LogP) is 3.54. The third-order valence-electron chi connectivity index (χ3n) is 4.82. The van der Waals surface area contributed by atoms with Crippen molar-refractivity contribution in [1.82, 2.24) is 4.90 Å². The second kappa shape index (κ2) is 5.96. The molecule has 0 aromatic heterocycles. The Morgan fingerprint density at radius 1 is 1.26 bits per heavy atom. The van der Waals surface area contributed by atoms with Crippen LogP contribution in [0.25, 0.3) is 0 Å². The number of hydrogen-bond donors (Lipinski definition) is 1. The van der Waals surface area contributed by atoms with Crippen LogP contribution in [0.15, 0.2) is 24.3 Å². The molecule has 2 unspecified atom stereocenters. The van der Waals surface area contributed by atoms with Gasteiger partial charge in [0.2, 0.25) is 0 Å². The van der Waals surface area contributed by atoms with Gasteiger partial charge in [-0.05, 0) is 49.8 Å². The summed E-state index contributed by atoms with van der Waals surface area (Å²) in [6.45, 7) is 6.08. The van der Waals surface area contributed by atoms with Crippen molar-refractivity contribution in [2.45, 2.75) is 45.1 Å². The molecular weight excluding hydrogens is 232 g/mol. The van der Waals surface area contributed by atoms with E-state index in [2.05, 4.69) is 41.4 Å². The summed E-state index contributed by atoms with van der Waals surface area (Å²) < 4.78 is 0. The maximum absolute atomic E-state index is 3.66. The summed E-state index contributed by atoms with van der Waals surface area (Å²) in [6.07, 6.45) is 6.70. The summed E-state index contributed by atoms with van der Waals surface area (Å²) in [5.41, 5.74) is 2.85. The summed E-state index contributed by atoms with van der Waals surface area (Å²) in [5, 5.41) is 3.66.